The second-order valence-electron chi connectivity index (χ2n) is 4.71. The molecule has 1 heterocycles. The van der Waals surface area contributed by atoms with Crippen LogP contribution in [0.3, 0.4) is 0 Å². The number of benzene rings is 2. The monoisotopic (exact) mass is 288 g/mol. The largest absolute Gasteiger partial charge is 0.329 e. The Bertz CT molecular complexity index is 683. The number of carbonyl (C=O) groups excluding carboxylic acids is 2. The molecule has 1 aliphatic rings. The predicted molar refractivity (Wildman–Crippen MR) is 77.8 cm³/mol. The fourth-order valence-electron chi connectivity index (χ4n) is 2.47. The van der Waals surface area contributed by atoms with E-state index in [-0.39, 0.29) is 18.5 Å². The number of hydrogen-bond acceptors (Lipinski definition) is 2. The van der Waals surface area contributed by atoms with Gasteiger partial charge in [0.15, 0.2) is 0 Å². The van der Waals surface area contributed by atoms with E-state index in [9.17, 15) is 9.59 Å². The lowest BCUT2D eigenvalue weighted by molar-refractivity contribution is -0.124. The molecule has 0 saturated carbocycles. The van der Waals surface area contributed by atoms with E-state index in [0.717, 1.165) is 16.3 Å². The molecule has 0 atom stereocenters. The molecular weight excluding hydrogens is 276 g/mol. The van der Waals surface area contributed by atoms with Crippen molar-refractivity contribution in [3.05, 3.63) is 47.0 Å². The number of rotatable bonds is 3. The highest BCUT2D eigenvalue weighted by molar-refractivity contribution is 6.35. The average molecular weight is 289 g/mol. The summed E-state index contributed by atoms with van der Waals surface area (Å²) < 4.78 is 0. The van der Waals surface area contributed by atoms with Crippen molar-refractivity contribution >= 4 is 34.3 Å². The zero-order valence-electron chi connectivity index (χ0n) is 10.7. The summed E-state index contributed by atoms with van der Waals surface area (Å²) in [5.41, 5.74) is 1.08. The molecule has 20 heavy (non-hydrogen) atoms. The van der Waals surface area contributed by atoms with Crippen LogP contribution in [-0.4, -0.2) is 29.9 Å². The van der Waals surface area contributed by atoms with Crippen LogP contribution < -0.4 is 5.32 Å². The van der Waals surface area contributed by atoms with E-state index in [1.807, 2.05) is 36.4 Å². The van der Waals surface area contributed by atoms with Crippen molar-refractivity contribution < 1.29 is 9.59 Å². The first-order chi connectivity index (χ1) is 9.66. The minimum absolute atomic E-state index is 0.0974. The maximum absolute atomic E-state index is 11.5. The third-order valence-electron chi connectivity index (χ3n) is 3.50. The number of nitrogens with zero attached hydrogens (tertiary/aromatic N) is 1. The highest BCUT2D eigenvalue weighted by atomic mass is 35.5. The summed E-state index contributed by atoms with van der Waals surface area (Å²) in [5.74, 6) is -0.173. The summed E-state index contributed by atoms with van der Waals surface area (Å²) in [6.45, 7) is 0.483. The van der Waals surface area contributed by atoms with E-state index in [1.165, 1.54) is 4.90 Å². The molecule has 0 radical (unpaired) electrons. The molecule has 0 aliphatic carbocycles. The van der Waals surface area contributed by atoms with Crippen LogP contribution in [0.5, 0.6) is 0 Å². The molecule has 1 aliphatic heterocycles. The fourth-order valence-corrected chi connectivity index (χ4v) is 2.71. The molecule has 5 heteroatoms. The molecule has 1 saturated heterocycles. The van der Waals surface area contributed by atoms with Crippen molar-refractivity contribution in [3.8, 4) is 0 Å². The lowest BCUT2D eigenvalue weighted by atomic mass is 10.0. The lowest BCUT2D eigenvalue weighted by Gasteiger charge is -2.13. The molecule has 4 nitrogen and oxygen atoms in total. The van der Waals surface area contributed by atoms with Gasteiger partial charge in [0.2, 0.25) is 5.91 Å². The smallest absolute Gasteiger partial charge is 0.324 e. The summed E-state index contributed by atoms with van der Waals surface area (Å²) in [6, 6.07) is 11.4. The standard InChI is InChI=1S/C15H13ClN2O2/c16-13-6-2-4-11-10(3-1-5-12(11)13)7-8-18-14(19)9-17-15(18)20/h1-6H,7-9H2,(H,17,20). The lowest BCUT2D eigenvalue weighted by Crippen LogP contribution is -2.32. The first kappa shape index (κ1) is 12.9. The van der Waals surface area contributed by atoms with Crippen LogP contribution in [0.1, 0.15) is 5.56 Å². The summed E-state index contributed by atoms with van der Waals surface area (Å²) in [7, 11) is 0. The molecule has 102 valence electrons. The Hall–Kier alpha value is -2.07. The molecule has 0 spiro atoms. The van der Waals surface area contributed by atoms with E-state index in [2.05, 4.69) is 5.32 Å². The van der Waals surface area contributed by atoms with Gasteiger partial charge in [0.1, 0.15) is 0 Å². The maximum Gasteiger partial charge on any atom is 0.324 e. The van der Waals surface area contributed by atoms with Crippen molar-refractivity contribution in [1.29, 1.82) is 0 Å². The second-order valence-corrected chi connectivity index (χ2v) is 5.11. The van der Waals surface area contributed by atoms with Crippen LogP contribution in [0.25, 0.3) is 10.8 Å². The zero-order valence-corrected chi connectivity index (χ0v) is 11.5. The number of nitrogens with one attached hydrogen (secondary N) is 1. The Morgan fingerprint density at radius 3 is 2.60 bits per heavy atom. The van der Waals surface area contributed by atoms with Gasteiger partial charge in [-0.2, -0.15) is 0 Å². The average Bonchev–Trinajstić information content (AvgIpc) is 2.76. The van der Waals surface area contributed by atoms with Crippen LogP contribution in [0.2, 0.25) is 5.02 Å². The Morgan fingerprint density at radius 1 is 1.10 bits per heavy atom. The molecular formula is C15H13ClN2O2. The number of carbonyl (C=O) groups is 2. The van der Waals surface area contributed by atoms with Gasteiger partial charge in [-0.3, -0.25) is 9.69 Å². The normalized spacial score (nSPS) is 14.9. The summed E-state index contributed by atoms with van der Waals surface area (Å²) in [4.78, 5) is 24.3. The summed E-state index contributed by atoms with van der Waals surface area (Å²) in [6.07, 6.45) is 0.622. The molecule has 3 rings (SSSR count). The highest BCUT2D eigenvalue weighted by Gasteiger charge is 2.27. The SMILES string of the molecule is O=C1CNC(=O)N1CCc1cccc2c(Cl)cccc12. The predicted octanol–water partition coefficient (Wildman–Crippen LogP) is 2.59. The van der Waals surface area contributed by atoms with Gasteiger partial charge in [0, 0.05) is 17.0 Å². The second kappa shape index (κ2) is 5.13. The maximum atomic E-state index is 11.5. The Labute approximate surface area is 121 Å². The molecule has 0 unspecified atom stereocenters. The Balaban J connectivity index is 1.86. The number of amides is 3. The highest BCUT2D eigenvalue weighted by Crippen LogP contribution is 2.26. The minimum atomic E-state index is -0.312. The zero-order chi connectivity index (χ0) is 14.1. The third-order valence-corrected chi connectivity index (χ3v) is 3.83. The number of urea groups is 1. The van der Waals surface area contributed by atoms with Crippen LogP contribution in [-0.2, 0) is 11.2 Å². The van der Waals surface area contributed by atoms with E-state index in [4.69, 9.17) is 11.6 Å². The minimum Gasteiger partial charge on any atom is -0.329 e. The first-order valence-electron chi connectivity index (χ1n) is 6.41. The van der Waals surface area contributed by atoms with Crippen molar-refractivity contribution in [3.63, 3.8) is 0 Å². The van der Waals surface area contributed by atoms with E-state index < -0.39 is 0 Å². The van der Waals surface area contributed by atoms with Crippen molar-refractivity contribution in [2.75, 3.05) is 13.1 Å². The third kappa shape index (κ3) is 2.23. The van der Waals surface area contributed by atoms with Gasteiger partial charge in [-0.05, 0) is 23.4 Å². The van der Waals surface area contributed by atoms with E-state index >= 15 is 0 Å². The van der Waals surface area contributed by atoms with Gasteiger partial charge in [-0.25, -0.2) is 4.79 Å². The molecule has 3 amide bonds. The fraction of sp³-hybridized carbons (Fsp3) is 0.200. The first-order valence-corrected chi connectivity index (χ1v) is 6.79. The number of hydrogen-bond donors (Lipinski definition) is 1. The van der Waals surface area contributed by atoms with Gasteiger partial charge in [-0.1, -0.05) is 41.9 Å². The molecule has 1 fully saturated rings. The molecule has 2 aromatic carbocycles. The van der Waals surface area contributed by atoms with Gasteiger partial charge in [-0.15, -0.1) is 0 Å². The molecule has 0 aromatic heterocycles. The summed E-state index contributed by atoms with van der Waals surface area (Å²) >= 11 is 6.17. The van der Waals surface area contributed by atoms with Crippen LogP contribution in [0, 0.1) is 0 Å². The van der Waals surface area contributed by atoms with E-state index in [1.54, 1.807) is 0 Å². The quantitative estimate of drug-likeness (QED) is 0.883. The summed E-state index contributed by atoms with van der Waals surface area (Å²) in [5, 5.41) is 5.28. The van der Waals surface area contributed by atoms with Crippen molar-refractivity contribution in [2.45, 2.75) is 6.42 Å². The number of imide groups is 1. The Morgan fingerprint density at radius 2 is 1.85 bits per heavy atom. The van der Waals surface area contributed by atoms with Gasteiger partial charge in [0.05, 0.1) is 6.54 Å². The van der Waals surface area contributed by atoms with Gasteiger partial charge < -0.3 is 5.32 Å². The molecule has 0 bridgehead atoms. The van der Waals surface area contributed by atoms with E-state index in [0.29, 0.717) is 18.0 Å². The van der Waals surface area contributed by atoms with Gasteiger partial charge >= 0.3 is 6.03 Å². The van der Waals surface area contributed by atoms with Crippen LogP contribution in [0.4, 0.5) is 4.79 Å². The molecule has 1 N–H and O–H groups in total. The Kier molecular flexibility index (Phi) is 3.32. The van der Waals surface area contributed by atoms with Crippen molar-refractivity contribution in [1.82, 2.24) is 10.2 Å². The number of halogens is 1. The number of fused-ring (bicyclic) bond motifs is 1. The van der Waals surface area contributed by atoms with Crippen LogP contribution >= 0.6 is 11.6 Å². The molecule has 2 aromatic rings. The van der Waals surface area contributed by atoms with Gasteiger partial charge in [0.25, 0.3) is 0 Å². The topological polar surface area (TPSA) is 49.4 Å². The van der Waals surface area contributed by atoms with Crippen molar-refractivity contribution in [2.24, 2.45) is 0 Å². The van der Waals surface area contributed by atoms with Crippen LogP contribution in [0.15, 0.2) is 36.4 Å².